The van der Waals surface area contributed by atoms with Gasteiger partial charge in [-0.2, -0.15) is 0 Å². The largest absolute Gasteiger partial charge is 0.309 e. The number of nitrogens with one attached hydrogen (secondary N) is 1. The second kappa shape index (κ2) is 7.04. The molecule has 0 atom stereocenters. The molecule has 19 heavy (non-hydrogen) atoms. The Morgan fingerprint density at radius 1 is 1.21 bits per heavy atom. The van der Waals surface area contributed by atoms with E-state index in [9.17, 15) is 0 Å². The number of hydrogen-bond acceptors (Lipinski definition) is 3. The molecule has 0 saturated heterocycles. The lowest BCUT2D eigenvalue weighted by molar-refractivity contribution is 0.558. The summed E-state index contributed by atoms with van der Waals surface area (Å²) in [6, 6.07) is 11.0. The van der Waals surface area contributed by atoms with Gasteiger partial charge < -0.3 is 5.32 Å². The van der Waals surface area contributed by atoms with Crippen molar-refractivity contribution in [2.75, 3.05) is 0 Å². The highest BCUT2D eigenvalue weighted by Crippen LogP contribution is 2.04. The Balaban J connectivity index is 1.74. The Bertz CT molecular complexity index is 476. The van der Waals surface area contributed by atoms with Gasteiger partial charge in [-0.15, -0.1) is 5.10 Å². The first-order chi connectivity index (χ1) is 9.24. The fourth-order valence-corrected chi connectivity index (χ4v) is 1.93. The zero-order valence-corrected chi connectivity index (χ0v) is 11.7. The van der Waals surface area contributed by atoms with E-state index in [1.165, 1.54) is 5.56 Å². The molecule has 0 amide bonds. The van der Waals surface area contributed by atoms with Gasteiger partial charge in [-0.3, -0.25) is 4.68 Å². The van der Waals surface area contributed by atoms with E-state index in [0.717, 1.165) is 31.6 Å². The van der Waals surface area contributed by atoms with Crippen LogP contribution < -0.4 is 5.32 Å². The summed E-state index contributed by atoms with van der Waals surface area (Å²) in [4.78, 5) is 0. The highest BCUT2D eigenvalue weighted by molar-refractivity contribution is 5.14. The smallest absolute Gasteiger partial charge is 0.0964 e. The zero-order chi connectivity index (χ0) is 13.5. The van der Waals surface area contributed by atoms with Gasteiger partial charge in [0.05, 0.1) is 5.69 Å². The van der Waals surface area contributed by atoms with Crippen LogP contribution in [-0.4, -0.2) is 21.0 Å². The number of rotatable bonds is 7. The Labute approximate surface area is 114 Å². The molecule has 1 aromatic carbocycles. The summed E-state index contributed by atoms with van der Waals surface area (Å²) in [5.74, 6) is 0. The quantitative estimate of drug-likeness (QED) is 0.829. The van der Waals surface area contributed by atoms with Crippen LogP contribution in [0.2, 0.25) is 0 Å². The summed E-state index contributed by atoms with van der Waals surface area (Å²) in [6.45, 7) is 5.97. The third kappa shape index (κ3) is 4.83. The summed E-state index contributed by atoms with van der Waals surface area (Å²) in [5, 5.41) is 11.7. The van der Waals surface area contributed by atoms with E-state index in [1.54, 1.807) is 0 Å². The summed E-state index contributed by atoms with van der Waals surface area (Å²) in [7, 11) is 0. The van der Waals surface area contributed by atoms with Crippen LogP contribution >= 0.6 is 0 Å². The molecule has 102 valence electrons. The first-order valence-electron chi connectivity index (χ1n) is 6.90. The predicted molar refractivity (Wildman–Crippen MR) is 76.8 cm³/mol. The minimum atomic E-state index is 0.475. The molecule has 0 spiro atoms. The fourth-order valence-electron chi connectivity index (χ4n) is 1.93. The third-order valence-corrected chi connectivity index (χ3v) is 2.97. The van der Waals surface area contributed by atoms with Crippen molar-refractivity contribution in [3.63, 3.8) is 0 Å². The van der Waals surface area contributed by atoms with E-state index < -0.39 is 0 Å². The molecule has 2 aromatic rings. The zero-order valence-electron chi connectivity index (χ0n) is 11.7. The van der Waals surface area contributed by atoms with Gasteiger partial charge in [0.1, 0.15) is 0 Å². The molecular weight excluding hydrogens is 236 g/mol. The Hall–Kier alpha value is -1.68. The SMILES string of the molecule is CC(C)NCc1cn(CCCc2ccccc2)nn1. The maximum Gasteiger partial charge on any atom is 0.0964 e. The van der Waals surface area contributed by atoms with E-state index >= 15 is 0 Å². The molecule has 4 heteroatoms. The summed E-state index contributed by atoms with van der Waals surface area (Å²) >= 11 is 0. The van der Waals surface area contributed by atoms with Crippen LogP contribution in [0.5, 0.6) is 0 Å². The first kappa shape index (κ1) is 13.7. The van der Waals surface area contributed by atoms with E-state index in [0.29, 0.717) is 6.04 Å². The average Bonchev–Trinajstić information content (AvgIpc) is 2.86. The van der Waals surface area contributed by atoms with E-state index in [-0.39, 0.29) is 0 Å². The van der Waals surface area contributed by atoms with E-state index in [2.05, 4.69) is 59.8 Å². The number of benzene rings is 1. The number of aromatic nitrogens is 3. The molecule has 0 unspecified atom stereocenters. The summed E-state index contributed by atoms with van der Waals surface area (Å²) in [5.41, 5.74) is 2.39. The molecule has 0 radical (unpaired) electrons. The molecule has 0 aliphatic rings. The van der Waals surface area contributed by atoms with Crippen LogP contribution in [0, 0.1) is 0 Å². The minimum Gasteiger partial charge on any atom is -0.309 e. The molecule has 0 saturated carbocycles. The van der Waals surface area contributed by atoms with Crippen LogP contribution in [0.15, 0.2) is 36.5 Å². The van der Waals surface area contributed by atoms with Gasteiger partial charge in [-0.25, -0.2) is 0 Å². The van der Waals surface area contributed by atoms with Gasteiger partial charge in [0.15, 0.2) is 0 Å². The molecule has 0 bridgehead atoms. The Morgan fingerprint density at radius 3 is 2.74 bits per heavy atom. The first-order valence-corrected chi connectivity index (χ1v) is 6.90. The van der Waals surface area contributed by atoms with E-state index in [4.69, 9.17) is 0 Å². The van der Waals surface area contributed by atoms with E-state index in [1.807, 2.05) is 10.9 Å². The maximum absolute atomic E-state index is 4.16. The van der Waals surface area contributed by atoms with Crippen LogP contribution in [-0.2, 0) is 19.5 Å². The van der Waals surface area contributed by atoms with Crippen molar-refractivity contribution >= 4 is 0 Å². The number of hydrogen-bond donors (Lipinski definition) is 1. The fraction of sp³-hybridized carbons (Fsp3) is 0.467. The second-order valence-corrected chi connectivity index (χ2v) is 5.10. The van der Waals surface area contributed by atoms with Gasteiger partial charge in [0.2, 0.25) is 0 Å². The Morgan fingerprint density at radius 2 is 2.00 bits per heavy atom. The van der Waals surface area contributed by atoms with Gasteiger partial charge >= 0.3 is 0 Å². The average molecular weight is 258 g/mol. The van der Waals surface area contributed by atoms with Crippen LogP contribution in [0.1, 0.15) is 31.5 Å². The van der Waals surface area contributed by atoms with Crippen molar-refractivity contribution in [1.29, 1.82) is 0 Å². The predicted octanol–water partition coefficient (Wildman–Crippen LogP) is 2.41. The van der Waals surface area contributed by atoms with Crippen molar-refractivity contribution < 1.29 is 0 Å². The van der Waals surface area contributed by atoms with Crippen LogP contribution in [0.3, 0.4) is 0 Å². The summed E-state index contributed by atoms with van der Waals surface area (Å²) < 4.78 is 1.93. The highest BCUT2D eigenvalue weighted by Gasteiger charge is 2.01. The van der Waals surface area contributed by atoms with Crippen LogP contribution in [0.25, 0.3) is 0 Å². The molecule has 1 N–H and O–H groups in total. The maximum atomic E-state index is 4.16. The standard InChI is InChI=1S/C15H22N4/c1-13(2)16-11-15-12-19(18-17-15)10-6-9-14-7-4-3-5-8-14/h3-5,7-8,12-13,16H,6,9-11H2,1-2H3. The third-order valence-electron chi connectivity index (χ3n) is 2.97. The normalized spacial score (nSPS) is 11.1. The van der Waals surface area contributed by atoms with Crippen molar-refractivity contribution in [3.05, 3.63) is 47.8 Å². The molecular formula is C15H22N4. The lowest BCUT2D eigenvalue weighted by atomic mass is 10.1. The van der Waals surface area contributed by atoms with Gasteiger partial charge in [0.25, 0.3) is 0 Å². The Kier molecular flexibility index (Phi) is 5.10. The van der Waals surface area contributed by atoms with Gasteiger partial charge in [-0.1, -0.05) is 49.4 Å². The van der Waals surface area contributed by atoms with Gasteiger partial charge in [0, 0.05) is 25.3 Å². The van der Waals surface area contributed by atoms with Crippen molar-refractivity contribution in [2.45, 2.75) is 45.8 Å². The summed E-state index contributed by atoms with van der Waals surface area (Å²) in [6.07, 6.45) is 4.20. The molecule has 1 aromatic heterocycles. The molecule has 0 fully saturated rings. The topological polar surface area (TPSA) is 42.7 Å². The van der Waals surface area contributed by atoms with Crippen molar-refractivity contribution in [1.82, 2.24) is 20.3 Å². The van der Waals surface area contributed by atoms with Gasteiger partial charge in [-0.05, 0) is 18.4 Å². The van der Waals surface area contributed by atoms with Crippen LogP contribution in [0.4, 0.5) is 0 Å². The molecule has 0 aliphatic carbocycles. The molecule has 1 heterocycles. The van der Waals surface area contributed by atoms with Crippen molar-refractivity contribution in [2.24, 2.45) is 0 Å². The van der Waals surface area contributed by atoms with Crippen molar-refractivity contribution in [3.8, 4) is 0 Å². The lowest BCUT2D eigenvalue weighted by Crippen LogP contribution is -2.21. The monoisotopic (exact) mass is 258 g/mol. The highest BCUT2D eigenvalue weighted by atomic mass is 15.4. The molecule has 2 rings (SSSR count). The minimum absolute atomic E-state index is 0.475. The molecule has 0 aliphatic heterocycles. The lowest BCUT2D eigenvalue weighted by Gasteiger charge is -2.04. The second-order valence-electron chi connectivity index (χ2n) is 5.10. The number of aryl methyl sites for hydroxylation is 2. The number of nitrogens with zero attached hydrogens (tertiary/aromatic N) is 3. The molecule has 4 nitrogen and oxygen atoms in total.